The molecule has 1 unspecified atom stereocenters. The molecular formula is C18H13F3N2O4. The van der Waals surface area contributed by atoms with Crippen LogP contribution in [0.3, 0.4) is 0 Å². The van der Waals surface area contributed by atoms with Crippen molar-refractivity contribution in [2.75, 3.05) is 4.90 Å². The Morgan fingerprint density at radius 1 is 1.07 bits per heavy atom. The van der Waals surface area contributed by atoms with Crippen LogP contribution in [0, 0.1) is 0 Å². The van der Waals surface area contributed by atoms with Crippen LogP contribution in [0.4, 0.5) is 23.7 Å². The lowest BCUT2D eigenvalue weighted by Crippen LogP contribution is -2.30. The third-order valence-corrected chi connectivity index (χ3v) is 4.13. The van der Waals surface area contributed by atoms with E-state index in [0.29, 0.717) is 11.0 Å². The van der Waals surface area contributed by atoms with E-state index in [1.807, 2.05) is 0 Å². The summed E-state index contributed by atoms with van der Waals surface area (Å²) >= 11 is 0. The van der Waals surface area contributed by atoms with Crippen molar-refractivity contribution < 1.29 is 32.3 Å². The molecule has 0 spiro atoms. The molecule has 6 nitrogen and oxygen atoms in total. The lowest BCUT2D eigenvalue weighted by atomic mass is 10.0. The Hall–Kier alpha value is -3.36. The topological polar surface area (TPSA) is 89.7 Å². The number of halogens is 3. The molecule has 0 fully saturated rings. The summed E-state index contributed by atoms with van der Waals surface area (Å²) in [6.45, 7) is 1.23. The van der Waals surface area contributed by atoms with Crippen LogP contribution in [-0.2, 0) is 10.9 Å². The highest BCUT2D eigenvalue weighted by Crippen LogP contribution is 2.39. The van der Waals surface area contributed by atoms with Crippen LogP contribution >= 0.6 is 0 Å². The molecule has 1 aliphatic rings. The van der Waals surface area contributed by atoms with Crippen molar-refractivity contribution in [3.63, 3.8) is 0 Å². The fourth-order valence-electron chi connectivity index (χ4n) is 2.94. The van der Waals surface area contributed by atoms with Crippen LogP contribution in [0.15, 0.2) is 42.5 Å². The molecule has 27 heavy (non-hydrogen) atoms. The number of alkyl halides is 3. The van der Waals surface area contributed by atoms with Crippen molar-refractivity contribution in [2.45, 2.75) is 19.2 Å². The van der Waals surface area contributed by atoms with E-state index in [9.17, 15) is 27.6 Å². The molecule has 1 atom stereocenters. The molecule has 0 aliphatic carbocycles. The largest absolute Gasteiger partial charge is 0.442 e. The number of carbonyl (C=O) groups is 3. The summed E-state index contributed by atoms with van der Waals surface area (Å²) in [6.07, 6.45) is -7.30. The molecular weight excluding hydrogens is 365 g/mol. The number of ether oxygens (including phenoxy) is 1. The van der Waals surface area contributed by atoms with E-state index in [2.05, 4.69) is 4.74 Å². The summed E-state index contributed by atoms with van der Waals surface area (Å²) in [5.74, 6) is -1.42. The molecule has 2 N–H and O–H groups in total. The normalized spacial score (nSPS) is 14.9. The summed E-state index contributed by atoms with van der Waals surface area (Å²) in [5, 5.41) is 0. The van der Waals surface area contributed by atoms with Gasteiger partial charge in [0, 0.05) is 5.56 Å². The van der Waals surface area contributed by atoms with Gasteiger partial charge in [0.15, 0.2) is 0 Å². The molecule has 3 rings (SSSR count). The molecule has 1 aliphatic heterocycles. The molecule has 140 valence electrons. The van der Waals surface area contributed by atoms with Gasteiger partial charge in [-0.3, -0.25) is 9.59 Å². The van der Waals surface area contributed by atoms with Crippen molar-refractivity contribution in [1.29, 1.82) is 0 Å². The summed E-state index contributed by atoms with van der Waals surface area (Å²) < 4.78 is 45.2. The average Bonchev–Trinajstić information content (AvgIpc) is 2.84. The minimum Gasteiger partial charge on any atom is -0.442 e. The Balaban J connectivity index is 2.07. The average molecular weight is 378 g/mol. The van der Waals surface area contributed by atoms with Crippen molar-refractivity contribution in [1.82, 2.24) is 0 Å². The highest BCUT2D eigenvalue weighted by Gasteiger charge is 2.40. The smallest absolute Gasteiger partial charge is 0.416 e. The Labute approximate surface area is 151 Å². The molecule has 0 bridgehead atoms. The van der Waals surface area contributed by atoms with Gasteiger partial charge in [0.25, 0.3) is 11.8 Å². The maximum Gasteiger partial charge on any atom is 0.416 e. The van der Waals surface area contributed by atoms with Crippen LogP contribution in [0.1, 0.15) is 44.9 Å². The van der Waals surface area contributed by atoms with Crippen LogP contribution in [0.5, 0.6) is 0 Å². The number of hydrogen-bond donors (Lipinski definition) is 1. The number of nitrogens with zero attached hydrogens (tertiary/aromatic N) is 1. The number of anilines is 1. The van der Waals surface area contributed by atoms with Crippen molar-refractivity contribution in [2.24, 2.45) is 5.73 Å². The predicted molar refractivity (Wildman–Crippen MR) is 88.1 cm³/mol. The first-order chi connectivity index (χ1) is 12.6. The van der Waals surface area contributed by atoms with Crippen molar-refractivity contribution >= 4 is 23.6 Å². The van der Waals surface area contributed by atoms with E-state index in [1.54, 1.807) is 12.1 Å². The number of hydrogen-bond acceptors (Lipinski definition) is 4. The Morgan fingerprint density at radius 3 is 2.11 bits per heavy atom. The lowest BCUT2D eigenvalue weighted by Gasteiger charge is -2.21. The molecule has 0 radical (unpaired) electrons. The minimum atomic E-state index is -4.81. The standard InChI is InChI=1S/C18H13F3N2O4/c1-9(27-17(22)26)11-7-6-10(8-14(11)18(19,20)21)23-15(24)12-4-2-3-5-13(12)16(23)25/h2-9H,1H3,(H2,22,26). The zero-order valence-corrected chi connectivity index (χ0v) is 13.9. The molecule has 0 saturated carbocycles. The van der Waals surface area contributed by atoms with Gasteiger partial charge in [0.05, 0.1) is 22.4 Å². The fourth-order valence-corrected chi connectivity index (χ4v) is 2.94. The number of nitrogens with two attached hydrogens (primary N) is 1. The second-order valence-electron chi connectivity index (χ2n) is 5.84. The SMILES string of the molecule is CC(OC(N)=O)c1ccc(N2C(=O)c3ccccc3C2=O)cc1C(F)(F)F. The summed E-state index contributed by atoms with van der Waals surface area (Å²) in [4.78, 5) is 36.5. The van der Waals surface area contributed by atoms with E-state index >= 15 is 0 Å². The zero-order chi connectivity index (χ0) is 19.9. The van der Waals surface area contributed by atoms with Crippen LogP contribution < -0.4 is 10.6 Å². The summed E-state index contributed by atoms with van der Waals surface area (Å²) in [7, 11) is 0. The summed E-state index contributed by atoms with van der Waals surface area (Å²) in [5.41, 5.74) is 3.38. The maximum atomic E-state index is 13.5. The number of benzene rings is 2. The number of rotatable bonds is 3. The molecule has 9 heteroatoms. The number of primary amides is 1. The summed E-state index contributed by atoms with van der Waals surface area (Å²) in [6, 6.07) is 8.89. The molecule has 0 aromatic heterocycles. The van der Waals surface area contributed by atoms with Gasteiger partial charge >= 0.3 is 12.3 Å². The predicted octanol–water partition coefficient (Wildman–Crippen LogP) is 3.66. The third-order valence-electron chi connectivity index (χ3n) is 4.13. The van der Waals surface area contributed by atoms with Crippen molar-refractivity contribution in [3.8, 4) is 0 Å². The van der Waals surface area contributed by atoms with Crippen molar-refractivity contribution in [3.05, 3.63) is 64.7 Å². The first kappa shape index (κ1) is 18.4. The molecule has 0 saturated heterocycles. The van der Waals surface area contributed by atoms with E-state index in [0.717, 1.165) is 6.07 Å². The van der Waals surface area contributed by atoms with E-state index in [1.165, 1.54) is 25.1 Å². The van der Waals surface area contributed by atoms with E-state index in [4.69, 9.17) is 5.73 Å². The van der Waals surface area contributed by atoms with Gasteiger partial charge in [-0.1, -0.05) is 18.2 Å². The minimum absolute atomic E-state index is 0.116. The Morgan fingerprint density at radius 2 is 1.63 bits per heavy atom. The quantitative estimate of drug-likeness (QED) is 0.826. The highest BCUT2D eigenvalue weighted by atomic mass is 19.4. The van der Waals surface area contributed by atoms with E-state index < -0.39 is 35.8 Å². The number of fused-ring (bicyclic) bond motifs is 1. The Kier molecular flexibility index (Phi) is 4.38. The molecule has 2 aromatic rings. The lowest BCUT2D eigenvalue weighted by molar-refractivity contribution is -0.139. The second-order valence-corrected chi connectivity index (χ2v) is 5.84. The molecule has 2 aromatic carbocycles. The van der Waals surface area contributed by atoms with Gasteiger partial charge in [-0.25, -0.2) is 9.69 Å². The van der Waals surface area contributed by atoms with Crippen LogP contribution in [0.25, 0.3) is 0 Å². The maximum absolute atomic E-state index is 13.5. The first-order valence-electron chi connectivity index (χ1n) is 7.76. The zero-order valence-electron chi connectivity index (χ0n) is 13.9. The highest BCUT2D eigenvalue weighted by molar-refractivity contribution is 6.34. The van der Waals surface area contributed by atoms with Gasteiger partial charge in [-0.05, 0) is 31.2 Å². The monoisotopic (exact) mass is 378 g/mol. The van der Waals surface area contributed by atoms with Crippen LogP contribution in [-0.4, -0.2) is 17.9 Å². The third kappa shape index (κ3) is 3.23. The van der Waals surface area contributed by atoms with Gasteiger partial charge in [0.1, 0.15) is 6.10 Å². The fraction of sp³-hybridized carbons (Fsp3) is 0.167. The second kappa shape index (κ2) is 6.42. The first-order valence-corrected chi connectivity index (χ1v) is 7.76. The van der Waals surface area contributed by atoms with E-state index in [-0.39, 0.29) is 22.4 Å². The van der Waals surface area contributed by atoms with Gasteiger partial charge in [-0.15, -0.1) is 0 Å². The van der Waals surface area contributed by atoms with Gasteiger partial charge in [0.2, 0.25) is 0 Å². The molecule has 1 heterocycles. The Bertz CT molecular complexity index is 921. The number of amides is 3. The van der Waals surface area contributed by atoms with Gasteiger partial charge in [-0.2, -0.15) is 13.2 Å². The number of carbonyl (C=O) groups excluding carboxylic acids is 3. The molecule has 3 amide bonds. The number of imide groups is 1. The van der Waals surface area contributed by atoms with Crippen LogP contribution in [0.2, 0.25) is 0 Å². The van der Waals surface area contributed by atoms with Gasteiger partial charge < -0.3 is 10.5 Å².